The van der Waals surface area contributed by atoms with Crippen molar-refractivity contribution in [2.75, 3.05) is 5.73 Å². The van der Waals surface area contributed by atoms with Crippen molar-refractivity contribution in [2.45, 2.75) is 13.0 Å². The van der Waals surface area contributed by atoms with Gasteiger partial charge in [-0.3, -0.25) is 4.79 Å². The van der Waals surface area contributed by atoms with E-state index in [-0.39, 0.29) is 12.2 Å². The van der Waals surface area contributed by atoms with Gasteiger partial charge >= 0.3 is 0 Å². The first-order valence-electron chi connectivity index (χ1n) is 5.07. The van der Waals surface area contributed by atoms with Gasteiger partial charge in [0.05, 0.1) is 0 Å². The molecule has 0 radical (unpaired) electrons. The van der Waals surface area contributed by atoms with Gasteiger partial charge in [0.2, 0.25) is 0 Å². The van der Waals surface area contributed by atoms with Crippen molar-refractivity contribution in [1.82, 2.24) is 9.97 Å². The van der Waals surface area contributed by atoms with Gasteiger partial charge in [-0.2, -0.15) is 0 Å². The van der Waals surface area contributed by atoms with Gasteiger partial charge in [-0.15, -0.1) is 11.3 Å². The summed E-state index contributed by atoms with van der Waals surface area (Å²) in [5.74, 6) is 0.378. The SMILES string of the molecule is NCc1nc(C(=O)Cc2ccnc(N)c2)cs1. The topological polar surface area (TPSA) is 94.9 Å². The van der Waals surface area contributed by atoms with Crippen molar-refractivity contribution in [3.05, 3.63) is 40.0 Å². The third-order valence-corrected chi connectivity index (χ3v) is 3.09. The number of rotatable bonds is 4. The Balaban J connectivity index is 2.11. The molecule has 6 heteroatoms. The van der Waals surface area contributed by atoms with Gasteiger partial charge in [-0.1, -0.05) is 0 Å². The second kappa shape index (κ2) is 5.03. The van der Waals surface area contributed by atoms with E-state index in [1.54, 1.807) is 23.7 Å². The number of hydrogen-bond donors (Lipinski definition) is 2. The van der Waals surface area contributed by atoms with Crippen molar-refractivity contribution in [2.24, 2.45) is 5.73 Å². The first-order valence-corrected chi connectivity index (χ1v) is 5.95. The number of hydrogen-bond acceptors (Lipinski definition) is 6. The standard InChI is InChI=1S/C11H12N4OS/c12-5-11-15-8(6-17-11)9(16)3-7-1-2-14-10(13)4-7/h1-2,4,6H,3,5,12H2,(H2,13,14). The largest absolute Gasteiger partial charge is 0.384 e. The summed E-state index contributed by atoms with van der Waals surface area (Å²) in [6.07, 6.45) is 1.87. The molecule has 2 aromatic rings. The number of ketones is 1. The van der Waals surface area contributed by atoms with E-state index in [1.807, 2.05) is 0 Å². The van der Waals surface area contributed by atoms with Crippen LogP contribution in [0, 0.1) is 0 Å². The molecule has 17 heavy (non-hydrogen) atoms. The monoisotopic (exact) mass is 248 g/mol. The van der Waals surface area contributed by atoms with E-state index in [2.05, 4.69) is 9.97 Å². The van der Waals surface area contributed by atoms with Crippen LogP contribution in [0.25, 0.3) is 0 Å². The van der Waals surface area contributed by atoms with Gasteiger partial charge in [-0.05, 0) is 17.7 Å². The fourth-order valence-electron chi connectivity index (χ4n) is 1.41. The van der Waals surface area contributed by atoms with Crippen LogP contribution in [0.5, 0.6) is 0 Å². The Morgan fingerprint density at radius 2 is 2.29 bits per heavy atom. The summed E-state index contributed by atoms with van der Waals surface area (Å²) in [7, 11) is 0. The molecule has 0 aliphatic rings. The van der Waals surface area contributed by atoms with Crippen LogP contribution in [-0.4, -0.2) is 15.8 Å². The van der Waals surface area contributed by atoms with E-state index in [4.69, 9.17) is 11.5 Å². The van der Waals surface area contributed by atoms with Crippen LogP contribution < -0.4 is 11.5 Å². The number of Topliss-reactive ketones (excluding diaryl/α,β-unsaturated/α-hetero) is 1. The maximum atomic E-state index is 11.9. The zero-order valence-corrected chi connectivity index (χ0v) is 9.91. The third-order valence-electron chi connectivity index (χ3n) is 2.22. The molecule has 2 aromatic heterocycles. The third kappa shape index (κ3) is 2.86. The van der Waals surface area contributed by atoms with Gasteiger partial charge < -0.3 is 11.5 Å². The zero-order valence-electron chi connectivity index (χ0n) is 9.09. The first kappa shape index (κ1) is 11.7. The average Bonchev–Trinajstić information content (AvgIpc) is 2.77. The van der Waals surface area contributed by atoms with E-state index >= 15 is 0 Å². The fraction of sp³-hybridized carbons (Fsp3) is 0.182. The minimum absolute atomic E-state index is 0.0356. The molecule has 5 nitrogen and oxygen atoms in total. The summed E-state index contributed by atoms with van der Waals surface area (Å²) < 4.78 is 0. The molecule has 0 saturated heterocycles. The lowest BCUT2D eigenvalue weighted by atomic mass is 10.1. The molecular weight excluding hydrogens is 236 g/mol. The van der Waals surface area contributed by atoms with Gasteiger partial charge in [0.25, 0.3) is 0 Å². The Bertz CT molecular complexity index is 538. The maximum absolute atomic E-state index is 11.9. The molecule has 0 bridgehead atoms. The van der Waals surface area contributed by atoms with Crippen molar-refractivity contribution in [3.8, 4) is 0 Å². The molecule has 0 atom stereocenters. The maximum Gasteiger partial charge on any atom is 0.186 e. The van der Waals surface area contributed by atoms with E-state index in [0.717, 1.165) is 10.6 Å². The molecule has 0 aromatic carbocycles. The second-order valence-electron chi connectivity index (χ2n) is 3.52. The number of nitrogens with two attached hydrogens (primary N) is 2. The Morgan fingerprint density at radius 3 is 2.94 bits per heavy atom. The van der Waals surface area contributed by atoms with Crippen molar-refractivity contribution < 1.29 is 4.79 Å². The molecule has 0 spiro atoms. The van der Waals surface area contributed by atoms with Gasteiger partial charge in [0.1, 0.15) is 16.5 Å². The predicted octanol–water partition coefficient (Wildman–Crippen LogP) is 1.00. The number of aromatic nitrogens is 2. The molecule has 2 heterocycles. The minimum atomic E-state index is -0.0356. The van der Waals surface area contributed by atoms with Crippen molar-refractivity contribution >= 4 is 22.9 Å². The quantitative estimate of drug-likeness (QED) is 0.787. The van der Waals surface area contributed by atoms with Crippen molar-refractivity contribution in [1.29, 1.82) is 0 Å². The van der Waals surface area contributed by atoms with Gasteiger partial charge in [-0.25, -0.2) is 9.97 Å². The Morgan fingerprint density at radius 1 is 1.47 bits per heavy atom. The highest BCUT2D eigenvalue weighted by Crippen LogP contribution is 2.12. The van der Waals surface area contributed by atoms with Gasteiger partial charge in [0, 0.05) is 24.5 Å². The highest BCUT2D eigenvalue weighted by atomic mass is 32.1. The Labute approximate surface area is 103 Å². The number of anilines is 1. The minimum Gasteiger partial charge on any atom is -0.384 e. The molecule has 2 rings (SSSR count). The molecule has 0 fully saturated rings. The summed E-state index contributed by atoms with van der Waals surface area (Å²) >= 11 is 1.40. The summed E-state index contributed by atoms with van der Waals surface area (Å²) in [6, 6.07) is 3.46. The highest BCUT2D eigenvalue weighted by molar-refractivity contribution is 7.09. The molecule has 0 aliphatic carbocycles. The summed E-state index contributed by atoms with van der Waals surface area (Å²) in [6.45, 7) is 0.361. The molecule has 0 aliphatic heterocycles. The molecule has 88 valence electrons. The molecule has 0 saturated carbocycles. The summed E-state index contributed by atoms with van der Waals surface area (Å²) in [5.41, 5.74) is 12.3. The van der Waals surface area contributed by atoms with Gasteiger partial charge in [0.15, 0.2) is 5.78 Å². The van der Waals surface area contributed by atoms with E-state index in [1.165, 1.54) is 11.3 Å². The molecule has 0 amide bonds. The Hall–Kier alpha value is -1.79. The zero-order chi connectivity index (χ0) is 12.3. The van der Waals surface area contributed by atoms with Crippen LogP contribution in [-0.2, 0) is 13.0 Å². The van der Waals surface area contributed by atoms with Crippen LogP contribution in [0.1, 0.15) is 21.1 Å². The number of carbonyl (C=O) groups is 1. The average molecular weight is 248 g/mol. The van der Waals surface area contributed by atoms with E-state index in [9.17, 15) is 4.79 Å². The molecule has 0 unspecified atom stereocenters. The number of thiazole rings is 1. The lowest BCUT2D eigenvalue weighted by Crippen LogP contribution is -2.05. The normalized spacial score (nSPS) is 10.4. The Kier molecular flexibility index (Phi) is 3.46. The molecule has 4 N–H and O–H groups in total. The fourth-order valence-corrected chi connectivity index (χ4v) is 2.09. The van der Waals surface area contributed by atoms with Crippen LogP contribution >= 0.6 is 11.3 Å². The van der Waals surface area contributed by atoms with Crippen molar-refractivity contribution in [3.63, 3.8) is 0 Å². The second-order valence-corrected chi connectivity index (χ2v) is 4.46. The number of pyridine rings is 1. The van der Waals surface area contributed by atoms with Crippen LogP contribution in [0.15, 0.2) is 23.7 Å². The van der Waals surface area contributed by atoms with E-state index < -0.39 is 0 Å². The number of nitrogens with zero attached hydrogens (tertiary/aromatic N) is 2. The van der Waals surface area contributed by atoms with E-state index in [0.29, 0.717) is 18.1 Å². The van der Waals surface area contributed by atoms with Crippen LogP contribution in [0.3, 0.4) is 0 Å². The number of nitrogen functional groups attached to an aromatic ring is 1. The van der Waals surface area contributed by atoms with Crippen LogP contribution in [0.4, 0.5) is 5.82 Å². The smallest absolute Gasteiger partial charge is 0.186 e. The first-order chi connectivity index (χ1) is 8.19. The number of carbonyl (C=O) groups excluding carboxylic acids is 1. The summed E-state index contributed by atoms with van der Waals surface area (Å²) in [5, 5.41) is 2.50. The molecular formula is C11H12N4OS. The lowest BCUT2D eigenvalue weighted by molar-refractivity contribution is 0.0989. The summed E-state index contributed by atoms with van der Waals surface area (Å²) in [4.78, 5) is 19.9. The van der Waals surface area contributed by atoms with Crippen LogP contribution in [0.2, 0.25) is 0 Å². The lowest BCUT2D eigenvalue weighted by Gasteiger charge is -1.99. The predicted molar refractivity (Wildman–Crippen MR) is 66.7 cm³/mol. The highest BCUT2D eigenvalue weighted by Gasteiger charge is 2.11.